The molecule has 0 unspecified atom stereocenters. The predicted octanol–water partition coefficient (Wildman–Crippen LogP) is 4.59. The van der Waals surface area contributed by atoms with Crippen LogP contribution in [-0.2, 0) is 6.54 Å². The third-order valence-corrected chi connectivity index (χ3v) is 3.59. The van der Waals surface area contributed by atoms with E-state index in [1.54, 1.807) is 24.3 Å². The Bertz CT molecular complexity index is 876. The van der Waals surface area contributed by atoms with Crippen LogP contribution in [0.1, 0.15) is 15.9 Å². The Hall–Kier alpha value is -2.89. The van der Waals surface area contributed by atoms with Gasteiger partial charge >= 0.3 is 6.18 Å². The average Bonchev–Trinajstić information content (AvgIpc) is 2.59. The molecule has 0 aliphatic carbocycles. The number of rotatable bonds is 4. The van der Waals surface area contributed by atoms with E-state index in [1.807, 2.05) is 30.3 Å². The summed E-state index contributed by atoms with van der Waals surface area (Å²) in [6.07, 6.45) is -3.97. The van der Waals surface area contributed by atoms with Crippen LogP contribution < -0.4 is 5.32 Å². The van der Waals surface area contributed by atoms with Crippen LogP contribution in [0, 0.1) is 0 Å². The number of carbonyl (C=O) groups excluding carboxylic acids is 1. The van der Waals surface area contributed by atoms with Gasteiger partial charge in [0, 0.05) is 18.1 Å². The van der Waals surface area contributed by atoms with Crippen molar-refractivity contribution in [3.8, 4) is 0 Å². The molecular weight excluding hydrogens is 317 g/mol. The van der Waals surface area contributed by atoms with E-state index in [2.05, 4.69) is 10.3 Å². The Kier molecular flexibility index (Phi) is 4.20. The summed E-state index contributed by atoms with van der Waals surface area (Å²) in [5, 5.41) is 3.44. The second-order valence-electron chi connectivity index (χ2n) is 5.23. The summed E-state index contributed by atoms with van der Waals surface area (Å²) < 4.78 is 38.6. The number of hydrogen-bond donors (Lipinski definition) is 1. The van der Waals surface area contributed by atoms with E-state index in [0.29, 0.717) is 17.4 Å². The van der Waals surface area contributed by atoms with E-state index in [9.17, 15) is 18.0 Å². The van der Waals surface area contributed by atoms with Gasteiger partial charge in [-0.05, 0) is 11.6 Å². The SMILES string of the molecule is O=C(c1cnc2ccccc2c1NCc1ccccc1)C(F)(F)F. The zero-order valence-electron chi connectivity index (χ0n) is 12.5. The summed E-state index contributed by atoms with van der Waals surface area (Å²) in [7, 11) is 0. The number of pyridine rings is 1. The number of alkyl halides is 3. The van der Waals surface area contributed by atoms with E-state index >= 15 is 0 Å². The van der Waals surface area contributed by atoms with Crippen LogP contribution in [0.3, 0.4) is 0 Å². The van der Waals surface area contributed by atoms with Crippen molar-refractivity contribution in [2.24, 2.45) is 0 Å². The first-order valence-electron chi connectivity index (χ1n) is 7.24. The van der Waals surface area contributed by atoms with Crippen LogP contribution in [0.15, 0.2) is 60.8 Å². The molecule has 0 atom stereocenters. The van der Waals surface area contributed by atoms with Gasteiger partial charge in [0.1, 0.15) is 0 Å². The van der Waals surface area contributed by atoms with E-state index in [4.69, 9.17) is 0 Å². The molecule has 0 aliphatic rings. The monoisotopic (exact) mass is 330 g/mol. The number of Topliss-reactive ketones (excluding diaryl/α,β-unsaturated/α-hetero) is 1. The fourth-order valence-electron chi connectivity index (χ4n) is 2.44. The number of carbonyl (C=O) groups is 1. The Morgan fingerprint density at radius 3 is 2.38 bits per heavy atom. The van der Waals surface area contributed by atoms with Gasteiger partial charge in [-0.1, -0.05) is 48.5 Å². The third-order valence-electron chi connectivity index (χ3n) is 3.59. The topological polar surface area (TPSA) is 42.0 Å². The quantitative estimate of drug-likeness (QED) is 0.711. The molecule has 1 N–H and O–H groups in total. The molecule has 3 nitrogen and oxygen atoms in total. The molecular formula is C18H13F3N2O. The Balaban J connectivity index is 2.06. The van der Waals surface area contributed by atoms with Crippen LogP contribution in [0.25, 0.3) is 10.9 Å². The lowest BCUT2D eigenvalue weighted by Gasteiger charge is -2.15. The number of fused-ring (bicyclic) bond motifs is 1. The fraction of sp³-hybridized carbons (Fsp3) is 0.111. The second-order valence-corrected chi connectivity index (χ2v) is 5.23. The molecule has 0 amide bonds. The molecule has 0 bridgehead atoms. The summed E-state index contributed by atoms with van der Waals surface area (Å²) in [6, 6.07) is 16.0. The number of ketones is 1. The van der Waals surface area contributed by atoms with Crippen LogP contribution in [0.4, 0.5) is 18.9 Å². The lowest BCUT2D eigenvalue weighted by atomic mass is 10.1. The molecule has 0 fully saturated rings. The minimum atomic E-state index is -4.95. The van der Waals surface area contributed by atoms with Gasteiger partial charge in [0.05, 0.1) is 16.8 Å². The third kappa shape index (κ3) is 3.22. The number of benzene rings is 2. The molecule has 0 aliphatic heterocycles. The summed E-state index contributed by atoms with van der Waals surface area (Å²) >= 11 is 0. The van der Waals surface area contributed by atoms with Crippen molar-refractivity contribution in [3.05, 3.63) is 71.9 Å². The number of nitrogens with one attached hydrogen (secondary N) is 1. The van der Waals surface area contributed by atoms with E-state index in [1.165, 1.54) is 0 Å². The van der Waals surface area contributed by atoms with Crippen molar-refractivity contribution < 1.29 is 18.0 Å². The average molecular weight is 330 g/mol. The Labute approximate surface area is 136 Å². The van der Waals surface area contributed by atoms with Crippen LogP contribution in [0.2, 0.25) is 0 Å². The molecule has 24 heavy (non-hydrogen) atoms. The van der Waals surface area contributed by atoms with Crippen molar-refractivity contribution in [3.63, 3.8) is 0 Å². The normalized spacial score (nSPS) is 11.5. The molecule has 0 spiro atoms. The molecule has 1 heterocycles. The maximum atomic E-state index is 12.9. The molecule has 3 rings (SSSR count). The summed E-state index contributed by atoms with van der Waals surface area (Å²) in [6.45, 7) is 0.299. The Morgan fingerprint density at radius 2 is 1.67 bits per heavy atom. The number of anilines is 1. The van der Waals surface area contributed by atoms with E-state index in [-0.39, 0.29) is 5.69 Å². The highest BCUT2D eigenvalue weighted by atomic mass is 19.4. The highest BCUT2D eigenvalue weighted by Gasteiger charge is 2.41. The van der Waals surface area contributed by atoms with Gasteiger partial charge in [-0.15, -0.1) is 0 Å². The minimum absolute atomic E-state index is 0.145. The van der Waals surface area contributed by atoms with Crippen molar-refractivity contribution in [1.82, 2.24) is 4.98 Å². The number of para-hydroxylation sites is 1. The summed E-state index contributed by atoms with van der Waals surface area (Å²) in [4.78, 5) is 15.7. The van der Waals surface area contributed by atoms with E-state index < -0.39 is 17.5 Å². The van der Waals surface area contributed by atoms with Crippen molar-refractivity contribution in [2.75, 3.05) is 5.32 Å². The molecule has 3 aromatic rings. The predicted molar refractivity (Wildman–Crippen MR) is 85.9 cm³/mol. The highest BCUT2D eigenvalue weighted by molar-refractivity contribution is 6.10. The first-order chi connectivity index (χ1) is 11.5. The largest absolute Gasteiger partial charge is 0.455 e. The number of hydrogen-bond acceptors (Lipinski definition) is 3. The van der Waals surface area contributed by atoms with Crippen molar-refractivity contribution in [2.45, 2.75) is 12.7 Å². The minimum Gasteiger partial charge on any atom is -0.380 e. The van der Waals surface area contributed by atoms with Gasteiger partial charge < -0.3 is 5.32 Å². The zero-order chi connectivity index (χ0) is 17.2. The van der Waals surface area contributed by atoms with Crippen LogP contribution in [-0.4, -0.2) is 16.9 Å². The first-order valence-corrected chi connectivity index (χ1v) is 7.24. The molecule has 0 radical (unpaired) electrons. The van der Waals surface area contributed by atoms with Gasteiger partial charge in [0.25, 0.3) is 5.78 Å². The summed E-state index contributed by atoms with van der Waals surface area (Å²) in [5.41, 5.74) is 1.08. The van der Waals surface area contributed by atoms with Gasteiger partial charge in [-0.25, -0.2) is 0 Å². The number of aromatic nitrogens is 1. The maximum absolute atomic E-state index is 12.9. The first kappa shape index (κ1) is 16.0. The number of nitrogens with zero attached hydrogens (tertiary/aromatic N) is 1. The zero-order valence-corrected chi connectivity index (χ0v) is 12.5. The highest BCUT2D eigenvalue weighted by Crippen LogP contribution is 2.31. The van der Waals surface area contributed by atoms with E-state index in [0.717, 1.165) is 11.8 Å². The van der Waals surface area contributed by atoms with Gasteiger partial charge in [0.15, 0.2) is 0 Å². The number of halogens is 3. The molecule has 0 saturated carbocycles. The molecule has 1 aromatic heterocycles. The lowest BCUT2D eigenvalue weighted by molar-refractivity contribution is -0.0884. The van der Waals surface area contributed by atoms with Crippen LogP contribution in [0.5, 0.6) is 0 Å². The second kappa shape index (κ2) is 6.31. The van der Waals surface area contributed by atoms with Gasteiger partial charge in [0.2, 0.25) is 0 Å². The van der Waals surface area contributed by atoms with Crippen molar-refractivity contribution in [1.29, 1.82) is 0 Å². The molecule has 122 valence electrons. The van der Waals surface area contributed by atoms with Gasteiger partial charge in [-0.2, -0.15) is 13.2 Å². The lowest BCUT2D eigenvalue weighted by Crippen LogP contribution is -2.24. The fourth-order valence-corrected chi connectivity index (χ4v) is 2.44. The van der Waals surface area contributed by atoms with Crippen molar-refractivity contribution >= 4 is 22.4 Å². The molecule has 0 saturated heterocycles. The molecule has 6 heteroatoms. The Morgan fingerprint density at radius 1 is 1.00 bits per heavy atom. The maximum Gasteiger partial charge on any atom is 0.455 e. The smallest absolute Gasteiger partial charge is 0.380 e. The van der Waals surface area contributed by atoms with Gasteiger partial charge in [-0.3, -0.25) is 9.78 Å². The standard InChI is InChI=1S/C18H13F3N2O/c19-18(20,21)17(24)14-11-22-15-9-5-4-8-13(15)16(14)23-10-12-6-2-1-3-7-12/h1-9,11H,10H2,(H,22,23). The molecule has 2 aromatic carbocycles. The summed E-state index contributed by atoms with van der Waals surface area (Å²) in [5.74, 6) is -1.91. The van der Waals surface area contributed by atoms with Crippen LogP contribution >= 0.6 is 0 Å².